The summed E-state index contributed by atoms with van der Waals surface area (Å²) in [5.41, 5.74) is 5.88. The van der Waals surface area contributed by atoms with E-state index in [4.69, 9.17) is 10.2 Å². The Morgan fingerprint density at radius 1 is 1.56 bits per heavy atom. The van der Waals surface area contributed by atoms with Gasteiger partial charge in [-0.05, 0) is 38.3 Å². The number of carbonyl (C=O) groups is 1. The van der Waals surface area contributed by atoms with Crippen molar-refractivity contribution in [3.8, 4) is 0 Å². The van der Waals surface area contributed by atoms with Crippen molar-refractivity contribution >= 4 is 5.91 Å². The van der Waals surface area contributed by atoms with Crippen LogP contribution in [0.1, 0.15) is 37.2 Å². The van der Waals surface area contributed by atoms with Crippen molar-refractivity contribution in [1.29, 1.82) is 0 Å². The molecule has 1 fully saturated rings. The minimum Gasteiger partial charge on any atom is -0.466 e. The Bertz CT molecular complexity index is 400. The molecular formula is C14H22N2O2. The van der Waals surface area contributed by atoms with Gasteiger partial charge >= 0.3 is 0 Å². The molecule has 100 valence electrons. The number of rotatable bonds is 4. The number of carbonyl (C=O) groups excluding carboxylic acids is 1. The molecule has 2 N–H and O–H groups in total. The van der Waals surface area contributed by atoms with E-state index in [1.807, 2.05) is 24.0 Å². The average Bonchev–Trinajstić information content (AvgIpc) is 2.75. The van der Waals surface area contributed by atoms with E-state index in [0.29, 0.717) is 6.42 Å². The maximum Gasteiger partial charge on any atom is 0.222 e. The van der Waals surface area contributed by atoms with Crippen LogP contribution in [0.2, 0.25) is 0 Å². The molecule has 0 aromatic carbocycles. The summed E-state index contributed by atoms with van der Waals surface area (Å²) in [6, 6.07) is 4.10. The number of hydrogen-bond donors (Lipinski definition) is 1. The standard InChI is InChI=1S/C14H22N2O2/c1-11-7-8-13(18-11)5-2-6-14(17)16-9-3-4-12(15)10-16/h7-8,12H,2-6,9-10,15H2,1H3. The monoisotopic (exact) mass is 250 g/mol. The zero-order chi connectivity index (χ0) is 13.0. The number of aryl methyl sites for hydroxylation is 2. The van der Waals surface area contributed by atoms with Gasteiger partial charge in [-0.2, -0.15) is 0 Å². The summed E-state index contributed by atoms with van der Waals surface area (Å²) in [5.74, 6) is 2.13. The SMILES string of the molecule is Cc1ccc(CCCC(=O)N2CCCC(N)C2)o1. The van der Waals surface area contributed by atoms with Crippen LogP contribution in [0, 0.1) is 6.92 Å². The van der Waals surface area contributed by atoms with Crippen molar-refractivity contribution in [2.24, 2.45) is 5.73 Å². The van der Waals surface area contributed by atoms with E-state index in [9.17, 15) is 4.79 Å². The van der Waals surface area contributed by atoms with E-state index >= 15 is 0 Å². The molecule has 0 spiro atoms. The molecule has 0 saturated carbocycles. The van der Waals surface area contributed by atoms with Crippen molar-refractivity contribution in [2.45, 2.75) is 45.1 Å². The molecule has 1 amide bonds. The van der Waals surface area contributed by atoms with Crippen LogP contribution >= 0.6 is 0 Å². The Balaban J connectivity index is 1.71. The van der Waals surface area contributed by atoms with E-state index in [0.717, 1.165) is 50.3 Å². The van der Waals surface area contributed by atoms with Crippen LogP contribution < -0.4 is 5.73 Å². The topological polar surface area (TPSA) is 59.5 Å². The molecule has 0 radical (unpaired) electrons. The number of nitrogens with two attached hydrogens (primary N) is 1. The lowest BCUT2D eigenvalue weighted by atomic mass is 10.1. The number of nitrogens with zero attached hydrogens (tertiary/aromatic N) is 1. The minimum atomic E-state index is 0.162. The first kappa shape index (κ1) is 13.1. The second-order valence-electron chi connectivity index (χ2n) is 5.11. The molecule has 2 heterocycles. The van der Waals surface area contributed by atoms with Gasteiger partial charge in [-0.1, -0.05) is 0 Å². The number of amides is 1. The first-order valence-corrected chi connectivity index (χ1v) is 6.74. The quantitative estimate of drug-likeness (QED) is 0.887. The maximum atomic E-state index is 12.0. The lowest BCUT2D eigenvalue weighted by molar-refractivity contribution is -0.132. The summed E-state index contributed by atoms with van der Waals surface area (Å²) < 4.78 is 5.48. The number of hydrogen-bond acceptors (Lipinski definition) is 3. The highest BCUT2D eigenvalue weighted by Gasteiger charge is 2.20. The third-order valence-corrected chi connectivity index (χ3v) is 3.42. The Morgan fingerprint density at radius 3 is 3.06 bits per heavy atom. The van der Waals surface area contributed by atoms with Gasteiger partial charge in [-0.25, -0.2) is 0 Å². The van der Waals surface area contributed by atoms with Gasteiger partial charge in [-0.3, -0.25) is 4.79 Å². The molecule has 4 heteroatoms. The zero-order valence-corrected chi connectivity index (χ0v) is 11.0. The summed E-state index contributed by atoms with van der Waals surface area (Å²) in [5, 5.41) is 0. The predicted octanol–water partition coefficient (Wildman–Crippen LogP) is 1.86. The molecule has 1 aliphatic rings. The van der Waals surface area contributed by atoms with Crippen molar-refractivity contribution in [3.05, 3.63) is 23.7 Å². The average molecular weight is 250 g/mol. The summed E-state index contributed by atoms with van der Waals surface area (Å²) in [4.78, 5) is 13.9. The highest BCUT2D eigenvalue weighted by Crippen LogP contribution is 2.13. The van der Waals surface area contributed by atoms with Gasteiger partial charge < -0.3 is 15.1 Å². The van der Waals surface area contributed by atoms with Crippen molar-refractivity contribution < 1.29 is 9.21 Å². The fourth-order valence-corrected chi connectivity index (χ4v) is 2.43. The molecule has 1 atom stereocenters. The van der Waals surface area contributed by atoms with Crippen molar-refractivity contribution in [2.75, 3.05) is 13.1 Å². The Hall–Kier alpha value is -1.29. The second-order valence-corrected chi connectivity index (χ2v) is 5.11. The fraction of sp³-hybridized carbons (Fsp3) is 0.643. The van der Waals surface area contributed by atoms with E-state index in [1.54, 1.807) is 0 Å². The third-order valence-electron chi connectivity index (χ3n) is 3.42. The molecular weight excluding hydrogens is 228 g/mol. The van der Waals surface area contributed by atoms with Gasteiger partial charge in [0.05, 0.1) is 0 Å². The fourth-order valence-electron chi connectivity index (χ4n) is 2.43. The summed E-state index contributed by atoms with van der Waals surface area (Å²) in [6.45, 7) is 3.52. The maximum absolute atomic E-state index is 12.0. The van der Waals surface area contributed by atoms with E-state index in [2.05, 4.69) is 0 Å². The first-order chi connectivity index (χ1) is 8.65. The summed E-state index contributed by atoms with van der Waals surface area (Å²) in [6.07, 6.45) is 4.34. The van der Waals surface area contributed by atoms with E-state index in [1.165, 1.54) is 0 Å². The highest BCUT2D eigenvalue weighted by atomic mass is 16.3. The molecule has 2 rings (SSSR count). The Morgan fingerprint density at radius 2 is 2.39 bits per heavy atom. The molecule has 0 aliphatic carbocycles. The Kier molecular flexibility index (Phi) is 4.42. The zero-order valence-electron chi connectivity index (χ0n) is 11.0. The lowest BCUT2D eigenvalue weighted by Crippen LogP contribution is -2.45. The van der Waals surface area contributed by atoms with Crippen LogP contribution in [0.15, 0.2) is 16.5 Å². The van der Waals surface area contributed by atoms with Gasteiger partial charge in [-0.15, -0.1) is 0 Å². The molecule has 18 heavy (non-hydrogen) atoms. The van der Waals surface area contributed by atoms with Crippen LogP contribution in [0.4, 0.5) is 0 Å². The largest absolute Gasteiger partial charge is 0.466 e. The van der Waals surface area contributed by atoms with E-state index in [-0.39, 0.29) is 11.9 Å². The molecule has 4 nitrogen and oxygen atoms in total. The summed E-state index contributed by atoms with van der Waals surface area (Å²) in [7, 11) is 0. The van der Waals surface area contributed by atoms with Gasteiger partial charge in [0.1, 0.15) is 11.5 Å². The number of furan rings is 1. The van der Waals surface area contributed by atoms with Crippen molar-refractivity contribution in [3.63, 3.8) is 0 Å². The van der Waals surface area contributed by atoms with Crippen LogP contribution in [-0.4, -0.2) is 29.9 Å². The van der Waals surface area contributed by atoms with Gasteiger partial charge in [0.2, 0.25) is 5.91 Å². The van der Waals surface area contributed by atoms with Crippen LogP contribution in [-0.2, 0) is 11.2 Å². The molecule has 0 bridgehead atoms. The minimum absolute atomic E-state index is 0.162. The van der Waals surface area contributed by atoms with Crippen molar-refractivity contribution in [1.82, 2.24) is 4.90 Å². The predicted molar refractivity (Wildman–Crippen MR) is 70.2 cm³/mol. The summed E-state index contributed by atoms with van der Waals surface area (Å²) >= 11 is 0. The van der Waals surface area contributed by atoms with Crippen LogP contribution in [0.5, 0.6) is 0 Å². The Labute approximate surface area is 108 Å². The number of piperidine rings is 1. The van der Waals surface area contributed by atoms with Crippen LogP contribution in [0.25, 0.3) is 0 Å². The number of likely N-dealkylation sites (tertiary alicyclic amines) is 1. The smallest absolute Gasteiger partial charge is 0.222 e. The third kappa shape index (κ3) is 3.60. The molecule has 1 aromatic rings. The molecule has 1 unspecified atom stereocenters. The normalized spacial score (nSPS) is 20.1. The van der Waals surface area contributed by atoms with Gasteiger partial charge in [0, 0.05) is 32.0 Å². The lowest BCUT2D eigenvalue weighted by Gasteiger charge is -2.30. The molecule has 1 aliphatic heterocycles. The van der Waals surface area contributed by atoms with E-state index < -0.39 is 0 Å². The first-order valence-electron chi connectivity index (χ1n) is 6.74. The van der Waals surface area contributed by atoms with Crippen LogP contribution in [0.3, 0.4) is 0 Å². The molecule has 1 saturated heterocycles. The van der Waals surface area contributed by atoms with Gasteiger partial charge in [0.15, 0.2) is 0 Å². The van der Waals surface area contributed by atoms with Gasteiger partial charge in [0.25, 0.3) is 0 Å². The second kappa shape index (κ2) is 6.05. The highest BCUT2D eigenvalue weighted by molar-refractivity contribution is 5.76. The molecule has 1 aromatic heterocycles.